The fraction of sp³-hybridized carbons (Fsp3) is 0.348. The number of methoxy groups -OCH3 is 2. The van der Waals surface area contributed by atoms with E-state index in [1.807, 2.05) is 36.4 Å². The standard InChI is InChI=1S/C23H29N7O2/c1-31-19-8-6-17(7-9-19)15-25-23-27-21(26-22(24)28-23)16-29-10-12-30(13-11-29)18-4-3-5-20(14-18)32-2/h3-9,14H,10-13,15-16H2,1-2H3,(H3,24,25,26,27,28). The topological polar surface area (TPSA) is 102 Å². The summed E-state index contributed by atoms with van der Waals surface area (Å²) in [5.74, 6) is 3.08. The predicted octanol–water partition coefficient (Wildman–Crippen LogP) is 2.41. The number of hydrogen-bond acceptors (Lipinski definition) is 9. The molecule has 1 saturated heterocycles. The molecule has 1 fully saturated rings. The maximum Gasteiger partial charge on any atom is 0.228 e. The summed E-state index contributed by atoms with van der Waals surface area (Å²) in [4.78, 5) is 17.8. The van der Waals surface area contributed by atoms with E-state index in [0.29, 0.717) is 24.9 Å². The SMILES string of the molecule is COc1ccc(CNc2nc(N)nc(CN3CCN(c4cccc(OC)c4)CC3)n2)cc1. The van der Waals surface area contributed by atoms with Crippen LogP contribution in [0.2, 0.25) is 0 Å². The van der Waals surface area contributed by atoms with Gasteiger partial charge in [0.25, 0.3) is 0 Å². The van der Waals surface area contributed by atoms with Gasteiger partial charge in [0, 0.05) is 44.5 Å². The molecule has 4 rings (SSSR count). The van der Waals surface area contributed by atoms with Crippen LogP contribution in [-0.2, 0) is 13.1 Å². The lowest BCUT2D eigenvalue weighted by atomic mass is 10.2. The Bertz CT molecular complexity index is 1020. The Morgan fingerprint density at radius 2 is 1.66 bits per heavy atom. The number of benzene rings is 2. The molecular formula is C23H29N7O2. The Labute approximate surface area is 188 Å². The second kappa shape index (κ2) is 10.1. The Hall–Kier alpha value is -3.59. The number of rotatable bonds is 8. The molecule has 0 radical (unpaired) electrons. The highest BCUT2D eigenvalue weighted by Gasteiger charge is 2.19. The van der Waals surface area contributed by atoms with Gasteiger partial charge in [-0.3, -0.25) is 4.90 Å². The predicted molar refractivity (Wildman–Crippen MR) is 125 cm³/mol. The number of ether oxygens (including phenoxy) is 2. The van der Waals surface area contributed by atoms with Crippen molar-refractivity contribution in [3.63, 3.8) is 0 Å². The zero-order valence-corrected chi connectivity index (χ0v) is 18.5. The third-order valence-corrected chi connectivity index (χ3v) is 5.46. The third kappa shape index (κ3) is 5.55. The lowest BCUT2D eigenvalue weighted by Crippen LogP contribution is -2.46. The van der Waals surface area contributed by atoms with Gasteiger partial charge < -0.3 is 25.4 Å². The molecule has 3 aromatic rings. The zero-order valence-electron chi connectivity index (χ0n) is 18.5. The Kier molecular flexibility index (Phi) is 6.86. The van der Waals surface area contributed by atoms with Gasteiger partial charge in [-0.25, -0.2) is 0 Å². The van der Waals surface area contributed by atoms with Gasteiger partial charge in [-0.2, -0.15) is 15.0 Å². The van der Waals surface area contributed by atoms with Gasteiger partial charge in [-0.1, -0.05) is 18.2 Å². The van der Waals surface area contributed by atoms with Crippen molar-refractivity contribution in [1.82, 2.24) is 19.9 Å². The summed E-state index contributed by atoms with van der Waals surface area (Å²) in [7, 11) is 3.35. The van der Waals surface area contributed by atoms with Crippen LogP contribution in [0.4, 0.5) is 17.6 Å². The Morgan fingerprint density at radius 1 is 0.906 bits per heavy atom. The monoisotopic (exact) mass is 435 g/mol. The first-order chi connectivity index (χ1) is 15.6. The van der Waals surface area contributed by atoms with E-state index in [-0.39, 0.29) is 5.95 Å². The molecule has 1 aliphatic heterocycles. The van der Waals surface area contributed by atoms with Crippen LogP contribution in [0, 0.1) is 0 Å². The minimum absolute atomic E-state index is 0.224. The Balaban J connectivity index is 1.32. The second-order valence-corrected chi connectivity index (χ2v) is 7.60. The number of nitrogens with zero attached hydrogens (tertiary/aromatic N) is 5. The average molecular weight is 436 g/mol. The molecule has 9 heteroatoms. The highest BCUT2D eigenvalue weighted by Crippen LogP contribution is 2.22. The number of hydrogen-bond donors (Lipinski definition) is 2. The van der Waals surface area contributed by atoms with Gasteiger partial charge in [0.1, 0.15) is 17.3 Å². The summed E-state index contributed by atoms with van der Waals surface area (Å²) in [6.45, 7) is 4.91. The lowest BCUT2D eigenvalue weighted by Gasteiger charge is -2.35. The summed E-state index contributed by atoms with van der Waals surface area (Å²) < 4.78 is 10.5. The van der Waals surface area contributed by atoms with Crippen LogP contribution in [0.5, 0.6) is 11.5 Å². The normalized spacial score (nSPS) is 14.2. The van der Waals surface area contributed by atoms with Gasteiger partial charge in [0.2, 0.25) is 11.9 Å². The maximum absolute atomic E-state index is 5.94. The molecule has 0 saturated carbocycles. The van der Waals surface area contributed by atoms with E-state index in [2.05, 4.69) is 42.2 Å². The van der Waals surface area contributed by atoms with Crippen LogP contribution in [0.25, 0.3) is 0 Å². The van der Waals surface area contributed by atoms with Crippen molar-refractivity contribution >= 4 is 17.6 Å². The molecule has 9 nitrogen and oxygen atoms in total. The summed E-state index contributed by atoms with van der Waals surface area (Å²) >= 11 is 0. The van der Waals surface area contributed by atoms with Crippen molar-refractivity contribution in [3.8, 4) is 11.5 Å². The lowest BCUT2D eigenvalue weighted by molar-refractivity contribution is 0.244. The molecule has 3 N–H and O–H groups in total. The van der Waals surface area contributed by atoms with E-state index < -0.39 is 0 Å². The first-order valence-electron chi connectivity index (χ1n) is 10.6. The molecule has 0 unspecified atom stereocenters. The maximum atomic E-state index is 5.94. The number of piperazine rings is 1. The number of nitrogens with one attached hydrogen (secondary N) is 1. The molecule has 0 bridgehead atoms. The van der Waals surface area contributed by atoms with Crippen LogP contribution >= 0.6 is 0 Å². The summed E-state index contributed by atoms with van der Waals surface area (Å²) in [5.41, 5.74) is 8.22. The van der Waals surface area contributed by atoms with Crippen molar-refractivity contribution in [2.75, 3.05) is 56.3 Å². The van der Waals surface area contributed by atoms with Crippen molar-refractivity contribution < 1.29 is 9.47 Å². The van der Waals surface area contributed by atoms with Gasteiger partial charge in [0.15, 0.2) is 0 Å². The van der Waals surface area contributed by atoms with Gasteiger partial charge in [0.05, 0.1) is 20.8 Å². The highest BCUT2D eigenvalue weighted by atomic mass is 16.5. The second-order valence-electron chi connectivity index (χ2n) is 7.60. The van der Waals surface area contributed by atoms with Crippen molar-refractivity contribution in [2.24, 2.45) is 0 Å². The molecule has 0 amide bonds. The van der Waals surface area contributed by atoms with E-state index >= 15 is 0 Å². The van der Waals surface area contributed by atoms with Crippen molar-refractivity contribution in [1.29, 1.82) is 0 Å². The molecular weight excluding hydrogens is 406 g/mol. The van der Waals surface area contributed by atoms with E-state index in [1.54, 1.807) is 14.2 Å². The minimum Gasteiger partial charge on any atom is -0.497 e. The van der Waals surface area contributed by atoms with E-state index in [4.69, 9.17) is 15.2 Å². The quantitative estimate of drug-likeness (QED) is 0.552. The molecule has 0 atom stereocenters. The minimum atomic E-state index is 0.224. The number of nitrogen functional groups attached to an aromatic ring is 1. The number of nitrogens with two attached hydrogens (primary N) is 1. The third-order valence-electron chi connectivity index (χ3n) is 5.46. The fourth-order valence-corrected chi connectivity index (χ4v) is 3.68. The van der Waals surface area contributed by atoms with Gasteiger partial charge in [-0.05, 0) is 29.8 Å². The summed E-state index contributed by atoms with van der Waals surface area (Å²) in [5, 5.41) is 3.23. The molecule has 1 aliphatic rings. The van der Waals surface area contributed by atoms with Crippen LogP contribution in [0.1, 0.15) is 11.4 Å². The average Bonchev–Trinajstić information content (AvgIpc) is 2.83. The fourth-order valence-electron chi connectivity index (χ4n) is 3.68. The molecule has 168 valence electrons. The number of aromatic nitrogens is 3. The van der Waals surface area contributed by atoms with E-state index in [9.17, 15) is 0 Å². The molecule has 2 aromatic carbocycles. The summed E-state index contributed by atoms with van der Waals surface area (Å²) in [6.07, 6.45) is 0. The van der Waals surface area contributed by atoms with Crippen LogP contribution in [-0.4, -0.2) is 60.3 Å². The highest BCUT2D eigenvalue weighted by molar-refractivity contribution is 5.51. The van der Waals surface area contributed by atoms with E-state index in [1.165, 1.54) is 5.69 Å². The van der Waals surface area contributed by atoms with Gasteiger partial charge in [-0.15, -0.1) is 0 Å². The molecule has 32 heavy (non-hydrogen) atoms. The largest absolute Gasteiger partial charge is 0.497 e. The first-order valence-corrected chi connectivity index (χ1v) is 10.6. The molecule has 0 aliphatic carbocycles. The Morgan fingerprint density at radius 3 is 2.38 bits per heavy atom. The first kappa shape index (κ1) is 21.6. The molecule has 1 aromatic heterocycles. The van der Waals surface area contributed by atoms with E-state index in [0.717, 1.165) is 43.2 Å². The smallest absolute Gasteiger partial charge is 0.228 e. The molecule has 0 spiro atoms. The molecule has 2 heterocycles. The van der Waals surface area contributed by atoms with Crippen LogP contribution in [0.3, 0.4) is 0 Å². The van der Waals surface area contributed by atoms with Gasteiger partial charge >= 0.3 is 0 Å². The van der Waals surface area contributed by atoms with Crippen LogP contribution < -0.4 is 25.4 Å². The van der Waals surface area contributed by atoms with Crippen molar-refractivity contribution in [2.45, 2.75) is 13.1 Å². The summed E-state index contributed by atoms with van der Waals surface area (Å²) in [6, 6.07) is 16.0. The zero-order chi connectivity index (χ0) is 22.3. The van der Waals surface area contributed by atoms with Crippen molar-refractivity contribution in [3.05, 3.63) is 59.9 Å². The van der Waals surface area contributed by atoms with Crippen LogP contribution in [0.15, 0.2) is 48.5 Å². The number of anilines is 3.